The number of aliphatic hydroxyl groups is 1. The molecule has 0 saturated carbocycles. The highest BCUT2D eigenvalue weighted by Crippen LogP contribution is 2.44. The topological polar surface area (TPSA) is 66.8 Å². The van der Waals surface area contributed by atoms with E-state index in [0.29, 0.717) is 22.0 Å². The van der Waals surface area contributed by atoms with Gasteiger partial charge in [-0.3, -0.25) is 14.5 Å². The largest absolute Gasteiger partial charge is 0.507 e. The lowest BCUT2D eigenvalue weighted by molar-refractivity contribution is -0.132. The maximum atomic E-state index is 13.4. The lowest BCUT2D eigenvalue weighted by atomic mass is 9.85. The van der Waals surface area contributed by atoms with Crippen LogP contribution in [0.3, 0.4) is 0 Å². The predicted molar refractivity (Wildman–Crippen MR) is 144 cm³/mol. The van der Waals surface area contributed by atoms with Crippen LogP contribution in [0, 0.1) is 6.92 Å². The van der Waals surface area contributed by atoms with Crippen molar-refractivity contribution in [1.29, 1.82) is 0 Å². The molecule has 3 aromatic carbocycles. The molecule has 0 bridgehead atoms. The monoisotopic (exact) mass is 523 g/mol. The van der Waals surface area contributed by atoms with Crippen LogP contribution in [0.1, 0.15) is 49.1 Å². The quantitative estimate of drug-likeness (QED) is 0.222. The van der Waals surface area contributed by atoms with Crippen LogP contribution >= 0.6 is 23.2 Å². The smallest absolute Gasteiger partial charge is 0.300 e. The lowest BCUT2D eigenvalue weighted by Crippen LogP contribution is -2.29. The van der Waals surface area contributed by atoms with Crippen molar-refractivity contribution in [3.8, 4) is 5.75 Å². The molecule has 0 aliphatic carbocycles. The number of hydrogen-bond donors (Lipinski definition) is 1. The number of carbonyl (C=O) groups is 2. The maximum Gasteiger partial charge on any atom is 0.300 e. The average molecular weight is 524 g/mol. The second-order valence-electron chi connectivity index (χ2n) is 9.82. The molecule has 7 heteroatoms. The molecule has 1 saturated heterocycles. The molecule has 36 heavy (non-hydrogen) atoms. The van der Waals surface area contributed by atoms with E-state index in [-0.39, 0.29) is 27.3 Å². The van der Waals surface area contributed by atoms with Crippen molar-refractivity contribution >= 4 is 46.3 Å². The van der Waals surface area contributed by atoms with E-state index in [1.165, 1.54) is 18.1 Å². The number of ether oxygens (including phenoxy) is 1. The van der Waals surface area contributed by atoms with E-state index in [1.807, 2.05) is 31.2 Å². The normalized spacial score (nSPS) is 17.5. The molecule has 1 fully saturated rings. The third-order valence-electron chi connectivity index (χ3n) is 6.40. The molecule has 0 radical (unpaired) electrons. The number of amides is 1. The number of benzene rings is 3. The van der Waals surface area contributed by atoms with E-state index in [4.69, 9.17) is 27.9 Å². The van der Waals surface area contributed by atoms with Crippen LogP contribution in [0.5, 0.6) is 5.75 Å². The second kappa shape index (κ2) is 9.64. The Morgan fingerprint density at radius 1 is 0.944 bits per heavy atom. The second-order valence-corrected chi connectivity index (χ2v) is 10.6. The lowest BCUT2D eigenvalue weighted by Gasteiger charge is -2.27. The number of methoxy groups -OCH3 is 1. The van der Waals surface area contributed by atoms with Crippen LogP contribution in [-0.4, -0.2) is 23.9 Å². The van der Waals surface area contributed by atoms with Crippen molar-refractivity contribution < 1.29 is 19.4 Å². The number of nitrogens with zero attached hydrogens (tertiary/aromatic N) is 1. The Kier molecular flexibility index (Phi) is 6.91. The molecular weight excluding hydrogens is 497 g/mol. The van der Waals surface area contributed by atoms with Gasteiger partial charge >= 0.3 is 0 Å². The molecule has 0 spiro atoms. The van der Waals surface area contributed by atoms with Gasteiger partial charge in [-0.1, -0.05) is 74.3 Å². The number of halogens is 2. The van der Waals surface area contributed by atoms with Gasteiger partial charge in [0.05, 0.1) is 23.7 Å². The van der Waals surface area contributed by atoms with Crippen LogP contribution in [0.2, 0.25) is 10.0 Å². The number of aliphatic hydroxyl groups excluding tert-OH is 1. The summed E-state index contributed by atoms with van der Waals surface area (Å²) in [4.78, 5) is 28.2. The van der Waals surface area contributed by atoms with Crippen LogP contribution in [0.4, 0.5) is 5.69 Å². The fraction of sp³-hybridized carbons (Fsp3) is 0.241. The summed E-state index contributed by atoms with van der Waals surface area (Å²) in [6.07, 6.45) is 0. The molecule has 1 heterocycles. The zero-order chi connectivity index (χ0) is 26.4. The van der Waals surface area contributed by atoms with Crippen molar-refractivity contribution in [2.45, 2.75) is 39.2 Å². The highest BCUT2D eigenvalue weighted by Gasteiger charge is 2.47. The van der Waals surface area contributed by atoms with Crippen molar-refractivity contribution in [2.75, 3.05) is 12.0 Å². The van der Waals surface area contributed by atoms with Gasteiger partial charge in [-0.2, -0.15) is 0 Å². The van der Waals surface area contributed by atoms with Gasteiger partial charge in [-0.15, -0.1) is 0 Å². The summed E-state index contributed by atoms with van der Waals surface area (Å²) in [6.45, 7) is 8.17. The summed E-state index contributed by atoms with van der Waals surface area (Å²) in [5.74, 6) is -1.50. The summed E-state index contributed by atoms with van der Waals surface area (Å²) in [7, 11) is 1.49. The number of anilines is 1. The fourth-order valence-corrected chi connectivity index (χ4v) is 4.65. The molecule has 186 valence electrons. The number of ketones is 1. The zero-order valence-electron chi connectivity index (χ0n) is 20.7. The molecular formula is C29H27Cl2NO4. The minimum absolute atomic E-state index is 0.0599. The summed E-state index contributed by atoms with van der Waals surface area (Å²) < 4.78 is 5.27. The van der Waals surface area contributed by atoms with Crippen molar-refractivity contribution in [3.63, 3.8) is 0 Å². The van der Waals surface area contributed by atoms with Gasteiger partial charge in [-0.05, 0) is 59.4 Å². The summed E-state index contributed by atoms with van der Waals surface area (Å²) in [5, 5.41) is 12.1. The number of rotatable bonds is 4. The minimum atomic E-state index is -0.889. The molecule has 1 aliphatic rings. The van der Waals surface area contributed by atoms with Crippen LogP contribution in [0.15, 0.2) is 66.2 Å². The first kappa shape index (κ1) is 25.8. The van der Waals surface area contributed by atoms with Gasteiger partial charge < -0.3 is 9.84 Å². The van der Waals surface area contributed by atoms with E-state index in [2.05, 4.69) is 20.8 Å². The highest BCUT2D eigenvalue weighted by molar-refractivity contribution is 6.52. The van der Waals surface area contributed by atoms with E-state index in [1.54, 1.807) is 30.3 Å². The van der Waals surface area contributed by atoms with Gasteiger partial charge in [0.1, 0.15) is 11.5 Å². The number of carbonyl (C=O) groups excluding carboxylic acids is 2. The molecule has 1 unspecified atom stereocenters. The summed E-state index contributed by atoms with van der Waals surface area (Å²) in [6, 6.07) is 16.7. The predicted octanol–water partition coefficient (Wildman–Crippen LogP) is 7.23. The molecule has 1 amide bonds. The van der Waals surface area contributed by atoms with Gasteiger partial charge in [0, 0.05) is 16.3 Å². The van der Waals surface area contributed by atoms with Gasteiger partial charge in [0.25, 0.3) is 11.7 Å². The SMILES string of the molecule is COc1ccc(Cl)c(/C(O)=C2\C(=O)C(=O)N(c3ccc(C)c(Cl)c3)C2c2ccc(C(C)(C)C)cc2)c1. The van der Waals surface area contributed by atoms with E-state index >= 15 is 0 Å². The van der Waals surface area contributed by atoms with Crippen molar-refractivity contribution in [3.05, 3.63) is 98.5 Å². The fourth-order valence-electron chi connectivity index (χ4n) is 4.27. The minimum Gasteiger partial charge on any atom is -0.507 e. The number of hydrogen-bond acceptors (Lipinski definition) is 4. The molecule has 4 rings (SSSR count). The van der Waals surface area contributed by atoms with Crippen molar-refractivity contribution in [1.82, 2.24) is 0 Å². The van der Waals surface area contributed by atoms with Crippen molar-refractivity contribution in [2.24, 2.45) is 0 Å². The zero-order valence-corrected chi connectivity index (χ0v) is 22.2. The van der Waals surface area contributed by atoms with E-state index in [9.17, 15) is 14.7 Å². The average Bonchev–Trinajstić information content (AvgIpc) is 3.10. The van der Waals surface area contributed by atoms with Crippen LogP contribution < -0.4 is 9.64 Å². The van der Waals surface area contributed by atoms with E-state index < -0.39 is 17.7 Å². The Morgan fingerprint density at radius 2 is 1.61 bits per heavy atom. The van der Waals surface area contributed by atoms with Crippen LogP contribution in [-0.2, 0) is 15.0 Å². The maximum absolute atomic E-state index is 13.4. The Balaban J connectivity index is 1.97. The third kappa shape index (κ3) is 4.61. The van der Waals surface area contributed by atoms with Gasteiger partial charge in [-0.25, -0.2) is 0 Å². The first-order valence-electron chi connectivity index (χ1n) is 11.5. The van der Waals surface area contributed by atoms with Gasteiger partial charge in [0.2, 0.25) is 0 Å². The van der Waals surface area contributed by atoms with E-state index in [0.717, 1.165) is 11.1 Å². The first-order valence-corrected chi connectivity index (χ1v) is 12.2. The summed E-state index contributed by atoms with van der Waals surface area (Å²) >= 11 is 12.8. The first-order chi connectivity index (χ1) is 16.9. The Labute approximate surface area is 220 Å². The molecule has 1 N–H and O–H groups in total. The third-order valence-corrected chi connectivity index (χ3v) is 7.14. The molecule has 1 atom stereocenters. The standard InChI is InChI=1S/C29H27Cl2NO4/c1-16-6-11-19(14-23(16)31)32-25(17-7-9-18(10-8-17)29(2,3)4)24(27(34)28(32)35)26(33)21-15-20(36-5)12-13-22(21)30/h6-15,25,33H,1-5H3/b26-24+. The molecule has 3 aromatic rings. The summed E-state index contributed by atoms with van der Waals surface area (Å²) in [5.41, 5.74) is 3.11. The van der Waals surface area contributed by atoms with Gasteiger partial charge in [0.15, 0.2) is 0 Å². The molecule has 0 aromatic heterocycles. The molecule has 1 aliphatic heterocycles. The Bertz CT molecular complexity index is 1390. The Morgan fingerprint density at radius 3 is 2.19 bits per heavy atom. The molecule has 5 nitrogen and oxygen atoms in total. The Hall–Kier alpha value is -3.28. The number of aryl methyl sites for hydroxylation is 1. The highest BCUT2D eigenvalue weighted by atomic mass is 35.5. The number of Topliss-reactive ketones (excluding diaryl/α,β-unsaturated/α-hetero) is 1. The van der Waals surface area contributed by atoms with Crippen LogP contribution in [0.25, 0.3) is 5.76 Å².